The van der Waals surface area contributed by atoms with Crippen molar-refractivity contribution in [1.82, 2.24) is 0 Å². The average Bonchev–Trinajstić information content (AvgIpc) is 2.59. The number of hydrogen-bond donors (Lipinski definition) is 0. The monoisotopic (exact) mass is 503 g/mol. The van der Waals surface area contributed by atoms with E-state index in [1.165, 1.54) is 0 Å². The smallest absolute Gasteiger partial charge is 0.313 e. The maximum atomic E-state index is 13.0. The lowest BCUT2D eigenvalue weighted by Gasteiger charge is -2.39. The van der Waals surface area contributed by atoms with Crippen LogP contribution in [0, 0.1) is 11.8 Å². The Hall–Kier alpha value is -0.980. The molecule has 1 aliphatic rings. The Morgan fingerprint density at radius 1 is 1.23 bits per heavy atom. The fraction of sp³-hybridized carbons (Fsp3) is 0.421. The summed E-state index contributed by atoms with van der Waals surface area (Å²) in [4.78, 5) is 29.8. The molecule has 0 saturated heterocycles. The standard InChI is InChI=1S/C19H20Br2ClNO3/c1-10(2)14-9-15(16(20)19(21,11(3)4)17(14)24)23-26-18(25)12-5-7-13(22)8-6-12/h5-11,16H,1-4H3/b23-15-. The molecule has 26 heavy (non-hydrogen) atoms. The van der Waals surface area contributed by atoms with E-state index in [0.717, 1.165) is 0 Å². The second-order valence-electron chi connectivity index (χ2n) is 6.77. The van der Waals surface area contributed by atoms with E-state index in [2.05, 4.69) is 37.0 Å². The second kappa shape index (κ2) is 8.36. The van der Waals surface area contributed by atoms with E-state index >= 15 is 0 Å². The van der Waals surface area contributed by atoms with Gasteiger partial charge in [0, 0.05) is 10.6 Å². The highest BCUT2D eigenvalue weighted by Gasteiger charge is 2.51. The van der Waals surface area contributed by atoms with Gasteiger partial charge in [-0.25, -0.2) is 4.79 Å². The Balaban J connectivity index is 2.36. The van der Waals surface area contributed by atoms with Crippen LogP contribution in [0.5, 0.6) is 0 Å². The maximum Gasteiger partial charge on any atom is 0.365 e. The van der Waals surface area contributed by atoms with E-state index in [1.54, 1.807) is 30.3 Å². The van der Waals surface area contributed by atoms with Crippen molar-refractivity contribution in [3.8, 4) is 0 Å². The van der Waals surface area contributed by atoms with Crippen LogP contribution >= 0.6 is 43.5 Å². The quantitative estimate of drug-likeness (QED) is 0.305. The minimum Gasteiger partial charge on any atom is -0.313 e. The molecule has 0 aromatic heterocycles. The van der Waals surface area contributed by atoms with Gasteiger partial charge in [0.25, 0.3) is 0 Å². The van der Waals surface area contributed by atoms with Crippen LogP contribution in [0.3, 0.4) is 0 Å². The van der Waals surface area contributed by atoms with Crippen molar-refractivity contribution < 1.29 is 14.4 Å². The highest BCUT2D eigenvalue weighted by atomic mass is 79.9. The van der Waals surface area contributed by atoms with Gasteiger partial charge in [-0.1, -0.05) is 76.3 Å². The van der Waals surface area contributed by atoms with Crippen molar-refractivity contribution in [2.24, 2.45) is 17.0 Å². The summed E-state index contributed by atoms with van der Waals surface area (Å²) >= 11 is 13.0. The molecule has 7 heteroatoms. The number of hydrogen-bond acceptors (Lipinski definition) is 4. The number of rotatable bonds is 4. The largest absolute Gasteiger partial charge is 0.365 e. The van der Waals surface area contributed by atoms with Gasteiger partial charge in [-0.3, -0.25) is 4.79 Å². The number of benzene rings is 1. The maximum absolute atomic E-state index is 13.0. The van der Waals surface area contributed by atoms with Gasteiger partial charge in [0.15, 0.2) is 5.78 Å². The number of oxime groups is 1. The van der Waals surface area contributed by atoms with Gasteiger partial charge in [0.1, 0.15) is 4.32 Å². The van der Waals surface area contributed by atoms with E-state index in [-0.39, 0.29) is 17.6 Å². The van der Waals surface area contributed by atoms with Gasteiger partial charge >= 0.3 is 5.97 Å². The lowest BCUT2D eigenvalue weighted by atomic mass is 9.76. The molecule has 140 valence electrons. The molecule has 2 rings (SSSR count). The number of alkyl halides is 2. The lowest BCUT2D eigenvalue weighted by molar-refractivity contribution is -0.118. The molecule has 0 aliphatic heterocycles. The van der Waals surface area contributed by atoms with Gasteiger partial charge < -0.3 is 4.84 Å². The molecule has 0 radical (unpaired) electrons. The zero-order chi connectivity index (χ0) is 19.6. The summed E-state index contributed by atoms with van der Waals surface area (Å²) in [5, 5.41) is 4.57. The average molecular weight is 506 g/mol. The van der Waals surface area contributed by atoms with Crippen molar-refractivity contribution in [2.75, 3.05) is 0 Å². The SMILES string of the molecule is CC(C)C1=C/C(=N/OC(=O)c2ccc(Cl)cc2)C(Br)C(Br)(C(C)C)C1=O. The summed E-state index contributed by atoms with van der Waals surface area (Å²) in [6, 6.07) is 6.35. The molecule has 1 aromatic carbocycles. The highest BCUT2D eigenvalue weighted by Crippen LogP contribution is 2.43. The molecule has 4 nitrogen and oxygen atoms in total. The first-order valence-corrected chi connectivity index (χ1v) is 10.3. The van der Waals surface area contributed by atoms with Crippen molar-refractivity contribution in [1.29, 1.82) is 0 Å². The third-order valence-electron chi connectivity index (χ3n) is 4.32. The number of carbonyl (C=O) groups is 2. The third kappa shape index (κ3) is 4.12. The zero-order valence-electron chi connectivity index (χ0n) is 14.9. The van der Waals surface area contributed by atoms with E-state index in [1.807, 2.05) is 27.7 Å². The summed E-state index contributed by atoms with van der Waals surface area (Å²) in [5.74, 6) is -0.545. The van der Waals surface area contributed by atoms with Gasteiger partial charge in [0.2, 0.25) is 0 Å². The van der Waals surface area contributed by atoms with Gasteiger partial charge in [0.05, 0.1) is 16.1 Å². The van der Waals surface area contributed by atoms with Crippen LogP contribution in [0.15, 0.2) is 41.1 Å². The van der Waals surface area contributed by atoms with Gasteiger partial charge in [-0.15, -0.1) is 0 Å². The van der Waals surface area contributed by atoms with Crippen LogP contribution in [0.2, 0.25) is 5.02 Å². The topological polar surface area (TPSA) is 55.7 Å². The van der Waals surface area contributed by atoms with Crippen molar-refractivity contribution in [2.45, 2.75) is 36.8 Å². The molecule has 0 spiro atoms. The van der Waals surface area contributed by atoms with Crippen molar-refractivity contribution in [3.05, 3.63) is 46.5 Å². The van der Waals surface area contributed by atoms with E-state index in [4.69, 9.17) is 16.4 Å². The molecular weight excluding hydrogens is 485 g/mol. The first-order valence-electron chi connectivity index (χ1n) is 8.23. The first kappa shape index (κ1) is 21.3. The van der Waals surface area contributed by atoms with E-state index in [9.17, 15) is 9.59 Å². The molecule has 1 aliphatic carbocycles. The molecule has 2 unspecified atom stereocenters. The Kier molecular flexibility index (Phi) is 6.86. The van der Waals surface area contributed by atoms with Crippen LogP contribution in [0.4, 0.5) is 0 Å². The Morgan fingerprint density at radius 2 is 1.81 bits per heavy atom. The molecule has 0 N–H and O–H groups in total. The molecule has 1 aromatic rings. The van der Waals surface area contributed by atoms with Crippen LogP contribution in [0.1, 0.15) is 38.1 Å². The van der Waals surface area contributed by atoms with Crippen molar-refractivity contribution in [3.63, 3.8) is 0 Å². The van der Waals surface area contributed by atoms with E-state index in [0.29, 0.717) is 21.9 Å². The van der Waals surface area contributed by atoms with Crippen LogP contribution in [-0.2, 0) is 9.63 Å². The zero-order valence-corrected chi connectivity index (χ0v) is 18.9. The van der Waals surface area contributed by atoms with Gasteiger partial charge in [-0.2, -0.15) is 0 Å². The summed E-state index contributed by atoms with van der Waals surface area (Å²) in [5.41, 5.74) is 1.48. The summed E-state index contributed by atoms with van der Waals surface area (Å²) in [6.07, 6.45) is 1.70. The number of carbonyl (C=O) groups excluding carboxylic acids is 2. The van der Waals surface area contributed by atoms with Crippen molar-refractivity contribution >= 4 is 60.9 Å². The van der Waals surface area contributed by atoms with E-state index < -0.39 is 15.1 Å². The number of nitrogens with zero attached hydrogens (tertiary/aromatic N) is 1. The Labute approximate surface area is 175 Å². The van der Waals surface area contributed by atoms with Crippen LogP contribution in [0.25, 0.3) is 0 Å². The number of allylic oxidation sites excluding steroid dienone is 2. The Bertz CT molecular complexity index is 771. The first-order chi connectivity index (χ1) is 12.1. The fourth-order valence-corrected chi connectivity index (χ4v) is 4.18. The minimum atomic E-state index is -0.854. The normalized spacial score (nSPS) is 25.0. The fourth-order valence-electron chi connectivity index (χ4n) is 2.64. The molecule has 0 bridgehead atoms. The molecule has 0 fully saturated rings. The second-order valence-corrected chi connectivity index (χ2v) is 9.43. The highest BCUT2D eigenvalue weighted by molar-refractivity contribution is 9.13. The molecule has 0 saturated carbocycles. The van der Waals surface area contributed by atoms with Gasteiger partial charge in [-0.05, 0) is 42.2 Å². The minimum absolute atomic E-state index is 0.000934. The third-order valence-corrected chi connectivity index (χ3v) is 8.11. The summed E-state index contributed by atoms with van der Waals surface area (Å²) in [7, 11) is 0. The number of Topliss-reactive ketones (excluding diaryl/α,β-unsaturated/α-hetero) is 1. The summed E-state index contributed by atoms with van der Waals surface area (Å²) < 4.78 is -0.854. The molecule has 0 heterocycles. The predicted molar refractivity (Wildman–Crippen MR) is 111 cm³/mol. The predicted octanol–water partition coefficient (Wildman–Crippen LogP) is 5.57. The number of ketones is 1. The summed E-state index contributed by atoms with van der Waals surface area (Å²) in [6.45, 7) is 7.82. The molecular formula is C19H20Br2ClNO3. The lowest BCUT2D eigenvalue weighted by Crippen LogP contribution is -2.52. The van der Waals surface area contributed by atoms with Crippen LogP contribution < -0.4 is 0 Å². The van der Waals surface area contributed by atoms with Crippen LogP contribution in [-0.4, -0.2) is 26.6 Å². The molecule has 2 atom stereocenters. The Morgan fingerprint density at radius 3 is 2.31 bits per heavy atom. The molecule has 0 amide bonds. The number of halogens is 3.